The van der Waals surface area contributed by atoms with Crippen molar-refractivity contribution in [2.24, 2.45) is 0 Å². The molecule has 0 radical (unpaired) electrons. The Kier molecular flexibility index (Phi) is 2.15. The number of carboxylic acids is 1. The number of anilines is 1. The number of fused-ring (bicyclic) bond motifs is 1. The summed E-state index contributed by atoms with van der Waals surface area (Å²) in [6.45, 7) is 2.07. The standard InChI is InChI=1S/C11H13NO2/c1-7-6-10(11(13)14)12-9-5-3-2-4-8(7)9/h2-5,7,10,12H,6H2,1H3,(H,13,14)/t7-,10-/m0/s1. The van der Waals surface area contributed by atoms with E-state index in [1.165, 1.54) is 5.56 Å². The molecule has 2 rings (SSSR count). The summed E-state index contributed by atoms with van der Waals surface area (Å²) >= 11 is 0. The predicted molar refractivity (Wildman–Crippen MR) is 54.5 cm³/mol. The maximum absolute atomic E-state index is 10.8. The monoisotopic (exact) mass is 191 g/mol. The number of para-hydroxylation sites is 1. The van der Waals surface area contributed by atoms with Crippen LogP contribution >= 0.6 is 0 Å². The molecule has 14 heavy (non-hydrogen) atoms. The van der Waals surface area contributed by atoms with E-state index >= 15 is 0 Å². The molecular formula is C11H13NO2. The first-order valence-electron chi connectivity index (χ1n) is 4.76. The zero-order chi connectivity index (χ0) is 10.1. The molecule has 0 aromatic heterocycles. The minimum Gasteiger partial charge on any atom is -0.480 e. The first-order chi connectivity index (χ1) is 6.68. The van der Waals surface area contributed by atoms with Crippen LogP contribution in [0.5, 0.6) is 0 Å². The predicted octanol–water partition coefficient (Wildman–Crippen LogP) is 2.06. The van der Waals surface area contributed by atoms with E-state index in [0.717, 1.165) is 5.69 Å². The number of carboxylic acid groups (broad SMARTS) is 1. The molecule has 3 nitrogen and oxygen atoms in total. The molecule has 1 aliphatic heterocycles. The molecule has 0 bridgehead atoms. The van der Waals surface area contributed by atoms with Crippen molar-refractivity contribution in [3.63, 3.8) is 0 Å². The average Bonchev–Trinajstić information content (AvgIpc) is 2.17. The van der Waals surface area contributed by atoms with Crippen LogP contribution < -0.4 is 5.32 Å². The smallest absolute Gasteiger partial charge is 0.326 e. The van der Waals surface area contributed by atoms with Crippen molar-refractivity contribution in [2.45, 2.75) is 25.3 Å². The van der Waals surface area contributed by atoms with E-state index in [1.54, 1.807) is 0 Å². The summed E-state index contributed by atoms with van der Waals surface area (Å²) in [5.41, 5.74) is 2.17. The quantitative estimate of drug-likeness (QED) is 0.714. The number of benzene rings is 1. The Balaban J connectivity index is 2.33. The number of hydrogen-bond acceptors (Lipinski definition) is 2. The van der Waals surface area contributed by atoms with Crippen molar-refractivity contribution in [1.82, 2.24) is 0 Å². The van der Waals surface area contributed by atoms with Crippen molar-refractivity contribution >= 4 is 11.7 Å². The molecule has 0 spiro atoms. The van der Waals surface area contributed by atoms with Gasteiger partial charge in [0.2, 0.25) is 0 Å². The van der Waals surface area contributed by atoms with Crippen LogP contribution in [0.1, 0.15) is 24.8 Å². The summed E-state index contributed by atoms with van der Waals surface area (Å²) in [6.07, 6.45) is 0.659. The van der Waals surface area contributed by atoms with Gasteiger partial charge in [0.25, 0.3) is 0 Å². The molecule has 0 saturated carbocycles. The molecule has 1 aromatic carbocycles. The van der Waals surface area contributed by atoms with Gasteiger partial charge in [0, 0.05) is 5.69 Å². The fourth-order valence-electron chi connectivity index (χ4n) is 1.95. The van der Waals surface area contributed by atoms with E-state index in [0.29, 0.717) is 12.3 Å². The highest BCUT2D eigenvalue weighted by Crippen LogP contribution is 2.33. The summed E-state index contributed by atoms with van der Waals surface area (Å²) in [7, 11) is 0. The van der Waals surface area contributed by atoms with E-state index in [1.807, 2.05) is 24.3 Å². The van der Waals surface area contributed by atoms with Crippen LogP contribution in [0.25, 0.3) is 0 Å². The summed E-state index contributed by atoms with van der Waals surface area (Å²) in [4.78, 5) is 10.8. The van der Waals surface area contributed by atoms with Gasteiger partial charge in [-0.1, -0.05) is 25.1 Å². The van der Waals surface area contributed by atoms with E-state index < -0.39 is 12.0 Å². The average molecular weight is 191 g/mol. The van der Waals surface area contributed by atoms with Crippen LogP contribution in [0.3, 0.4) is 0 Å². The highest BCUT2D eigenvalue weighted by Gasteiger charge is 2.27. The fourth-order valence-corrected chi connectivity index (χ4v) is 1.95. The summed E-state index contributed by atoms with van der Waals surface area (Å²) in [6, 6.07) is 7.44. The Morgan fingerprint density at radius 2 is 2.21 bits per heavy atom. The van der Waals surface area contributed by atoms with Gasteiger partial charge in [0.05, 0.1) is 0 Å². The molecule has 0 aliphatic carbocycles. The Hall–Kier alpha value is -1.51. The lowest BCUT2D eigenvalue weighted by Crippen LogP contribution is -2.34. The summed E-state index contributed by atoms with van der Waals surface area (Å²) < 4.78 is 0. The Morgan fingerprint density at radius 3 is 2.93 bits per heavy atom. The first-order valence-corrected chi connectivity index (χ1v) is 4.76. The largest absolute Gasteiger partial charge is 0.480 e. The number of aliphatic carboxylic acids is 1. The third kappa shape index (κ3) is 1.45. The topological polar surface area (TPSA) is 49.3 Å². The van der Waals surface area contributed by atoms with Gasteiger partial charge in [-0.25, -0.2) is 4.79 Å². The van der Waals surface area contributed by atoms with Crippen molar-refractivity contribution in [2.75, 3.05) is 5.32 Å². The zero-order valence-corrected chi connectivity index (χ0v) is 8.03. The van der Waals surface area contributed by atoms with Crippen LogP contribution in [0.2, 0.25) is 0 Å². The molecule has 0 amide bonds. The lowest BCUT2D eigenvalue weighted by molar-refractivity contribution is -0.138. The van der Waals surface area contributed by atoms with Gasteiger partial charge in [0.1, 0.15) is 6.04 Å². The van der Waals surface area contributed by atoms with Gasteiger partial charge >= 0.3 is 5.97 Å². The number of carbonyl (C=O) groups is 1. The zero-order valence-electron chi connectivity index (χ0n) is 8.03. The number of nitrogens with one attached hydrogen (secondary N) is 1. The molecule has 0 fully saturated rings. The highest BCUT2D eigenvalue weighted by atomic mass is 16.4. The van der Waals surface area contributed by atoms with Crippen molar-refractivity contribution in [1.29, 1.82) is 0 Å². The Bertz CT molecular complexity index is 362. The van der Waals surface area contributed by atoms with E-state index in [2.05, 4.69) is 12.2 Å². The second kappa shape index (κ2) is 3.33. The van der Waals surface area contributed by atoms with E-state index in [9.17, 15) is 4.79 Å². The van der Waals surface area contributed by atoms with Gasteiger partial charge in [-0.15, -0.1) is 0 Å². The molecule has 0 unspecified atom stereocenters. The Morgan fingerprint density at radius 1 is 1.50 bits per heavy atom. The molecular weight excluding hydrogens is 178 g/mol. The maximum atomic E-state index is 10.8. The van der Waals surface area contributed by atoms with Gasteiger partial charge in [0.15, 0.2) is 0 Å². The van der Waals surface area contributed by atoms with Crippen LogP contribution in [0.15, 0.2) is 24.3 Å². The lowest BCUT2D eigenvalue weighted by atomic mass is 9.88. The number of rotatable bonds is 1. The highest BCUT2D eigenvalue weighted by molar-refractivity contribution is 5.79. The van der Waals surface area contributed by atoms with Crippen LogP contribution in [-0.2, 0) is 4.79 Å². The molecule has 2 atom stereocenters. The van der Waals surface area contributed by atoms with Crippen molar-refractivity contribution in [3.8, 4) is 0 Å². The minimum atomic E-state index is -0.772. The second-order valence-electron chi connectivity index (χ2n) is 3.76. The minimum absolute atomic E-state index is 0.313. The molecule has 1 heterocycles. The van der Waals surface area contributed by atoms with Crippen LogP contribution in [0.4, 0.5) is 5.69 Å². The third-order valence-corrected chi connectivity index (χ3v) is 2.71. The van der Waals surface area contributed by atoms with Gasteiger partial charge in [-0.3, -0.25) is 0 Å². The van der Waals surface area contributed by atoms with Gasteiger partial charge < -0.3 is 10.4 Å². The molecule has 3 heteroatoms. The first kappa shape index (κ1) is 9.06. The van der Waals surface area contributed by atoms with Crippen molar-refractivity contribution < 1.29 is 9.90 Å². The molecule has 1 aliphatic rings. The molecule has 74 valence electrons. The SMILES string of the molecule is C[C@H]1C[C@@H](C(=O)O)Nc2ccccc21. The van der Waals surface area contributed by atoms with Crippen molar-refractivity contribution in [3.05, 3.63) is 29.8 Å². The summed E-state index contributed by atoms with van der Waals surface area (Å²) in [5, 5.41) is 11.9. The molecule has 0 saturated heterocycles. The van der Waals surface area contributed by atoms with Crippen LogP contribution in [0, 0.1) is 0 Å². The van der Waals surface area contributed by atoms with E-state index in [4.69, 9.17) is 5.11 Å². The second-order valence-corrected chi connectivity index (χ2v) is 3.76. The molecule has 1 aromatic rings. The third-order valence-electron chi connectivity index (χ3n) is 2.71. The summed E-state index contributed by atoms with van der Waals surface area (Å²) in [5.74, 6) is -0.458. The molecule has 2 N–H and O–H groups in total. The normalized spacial score (nSPS) is 24.9. The maximum Gasteiger partial charge on any atom is 0.326 e. The number of hydrogen-bond donors (Lipinski definition) is 2. The van der Waals surface area contributed by atoms with Gasteiger partial charge in [-0.05, 0) is 24.0 Å². The van der Waals surface area contributed by atoms with Crippen LogP contribution in [-0.4, -0.2) is 17.1 Å². The van der Waals surface area contributed by atoms with Gasteiger partial charge in [-0.2, -0.15) is 0 Å². The Labute approximate surface area is 82.8 Å². The fraction of sp³-hybridized carbons (Fsp3) is 0.364. The van der Waals surface area contributed by atoms with E-state index in [-0.39, 0.29) is 0 Å². The lowest BCUT2D eigenvalue weighted by Gasteiger charge is -2.28.